The van der Waals surface area contributed by atoms with Crippen molar-refractivity contribution in [3.05, 3.63) is 0 Å². The number of amides is 1. The predicted molar refractivity (Wildman–Crippen MR) is 40.9 cm³/mol. The van der Waals surface area contributed by atoms with Crippen molar-refractivity contribution in [1.29, 1.82) is 0 Å². The summed E-state index contributed by atoms with van der Waals surface area (Å²) < 4.78 is 0. The minimum atomic E-state index is -1.32. The van der Waals surface area contributed by atoms with Gasteiger partial charge in [-0.05, 0) is 13.3 Å². The molecule has 6 heteroatoms. The molecule has 0 rings (SSSR count). The smallest absolute Gasteiger partial charge is 0.548 e. The van der Waals surface area contributed by atoms with E-state index < -0.39 is 12.0 Å². The summed E-state index contributed by atoms with van der Waals surface area (Å²) in [6.07, 6.45) is 0.247. The zero-order valence-electron chi connectivity index (χ0n) is 8.00. The molecule has 0 unspecified atom stereocenters. The molecule has 3 N–H and O–H groups in total. The molecule has 0 saturated carbocycles. The third-order valence-corrected chi connectivity index (χ3v) is 1.36. The number of carbonyl (C=O) groups is 2. The van der Waals surface area contributed by atoms with Crippen LogP contribution in [0.5, 0.6) is 0 Å². The van der Waals surface area contributed by atoms with Gasteiger partial charge in [0.25, 0.3) is 0 Å². The van der Waals surface area contributed by atoms with Gasteiger partial charge in [-0.25, -0.2) is 0 Å². The molecule has 0 aromatic heterocycles. The van der Waals surface area contributed by atoms with Crippen LogP contribution in [0.2, 0.25) is 0 Å². The minimum absolute atomic E-state index is 0. The molecule has 0 saturated heterocycles. The number of hydrogen-bond acceptors (Lipinski definition) is 4. The summed E-state index contributed by atoms with van der Waals surface area (Å²) in [7, 11) is 0. The maximum atomic E-state index is 10.8. The number of carboxylic acid groups (broad SMARTS) is 1. The van der Waals surface area contributed by atoms with Crippen LogP contribution in [0.15, 0.2) is 0 Å². The summed E-state index contributed by atoms with van der Waals surface area (Å²) >= 11 is 0. The van der Waals surface area contributed by atoms with Crippen molar-refractivity contribution in [2.75, 3.05) is 6.54 Å². The number of nitrogens with one attached hydrogen (secondary N) is 1. The Morgan fingerprint density at radius 2 is 2.08 bits per heavy atom. The Labute approximate surface area is 99.3 Å². The minimum Gasteiger partial charge on any atom is -0.548 e. The summed E-state index contributed by atoms with van der Waals surface area (Å²) in [6.45, 7) is 2.33. The zero-order chi connectivity index (χ0) is 9.56. The van der Waals surface area contributed by atoms with E-state index in [-0.39, 0.29) is 48.3 Å². The quantitative estimate of drug-likeness (QED) is 0.430. The van der Waals surface area contributed by atoms with E-state index in [1.54, 1.807) is 6.92 Å². The number of carbonyl (C=O) groups excluding carboxylic acids is 2. The van der Waals surface area contributed by atoms with Gasteiger partial charge >= 0.3 is 29.6 Å². The molecular weight excluding hydrogens is 183 g/mol. The van der Waals surface area contributed by atoms with Crippen LogP contribution in [0.25, 0.3) is 0 Å². The van der Waals surface area contributed by atoms with Crippen molar-refractivity contribution < 1.29 is 44.3 Å². The van der Waals surface area contributed by atoms with E-state index in [9.17, 15) is 14.7 Å². The summed E-state index contributed by atoms with van der Waals surface area (Å²) in [6, 6.07) is -1.05. The molecule has 13 heavy (non-hydrogen) atoms. The average molecular weight is 196 g/mol. The Kier molecular flexibility index (Phi) is 10.0. The van der Waals surface area contributed by atoms with Crippen LogP contribution in [0.1, 0.15) is 19.8 Å². The Hall–Kier alpha value is -0.100. The van der Waals surface area contributed by atoms with Crippen molar-refractivity contribution in [3.8, 4) is 0 Å². The van der Waals surface area contributed by atoms with Gasteiger partial charge in [-0.2, -0.15) is 0 Å². The van der Waals surface area contributed by atoms with E-state index in [0.29, 0.717) is 6.54 Å². The second-order valence-electron chi connectivity index (χ2n) is 2.42. The van der Waals surface area contributed by atoms with Gasteiger partial charge < -0.3 is 21.0 Å². The van der Waals surface area contributed by atoms with E-state index >= 15 is 0 Å². The molecule has 0 aliphatic carbocycles. The third-order valence-electron chi connectivity index (χ3n) is 1.36. The van der Waals surface area contributed by atoms with Crippen LogP contribution in [-0.4, -0.2) is 24.5 Å². The number of rotatable bonds is 5. The average Bonchev–Trinajstić information content (AvgIpc) is 2.00. The topological polar surface area (TPSA) is 95.2 Å². The van der Waals surface area contributed by atoms with E-state index in [4.69, 9.17) is 5.73 Å². The largest absolute Gasteiger partial charge is 1.00 e. The standard InChI is InChI=1S/C7H14N2O3.Na/c1-2-9-6(10)4-3-5(8)7(11)12;/h5H,2-4,8H2,1H3,(H,9,10)(H,11,12);/q;+1/p-1/t5-;/m0./s1. The molecule has 0 radical (unpaired) electrons. The molecule has 0 aliphatic rings. The van der Waals surface area contributed by atoms with E-state index in [1.165, 1.54) is 0 Å². The normalized spacial score (nSPS) is 11.2. The fraction of sp³-hybridized carbons (Fsp3) is 0.714. The van der Waals surface area contributed by atoms with Gasteiger partial charge in [0, 0.05) is 19.0 Å². The van der Waals surface area contributed by atoms with Crippen molar-refractivity contribution in [2.45, 2.75) is 25.8 Å². The molecule has 1 amide bonds. The summed E-state index contributed by atoms with van der Waals surface area (Å²) in [5, 5.41) is 12.6. The Balaban J connectivity index is 0. The van der Waals surface area contributed by atoms with Gasteiger partial charge in [0.15, 0.2) is 0 Å². The van der Waals surface area contributed by atoms with Gasteiger partial charge in [0.1, 0.15) is 0 Å². The molecular formula is C7H13N2NaO3. The predicted octanol–water partition coefficient (Wildman–Crippen LogP) is -5.02. The van der Waals surface area contributed by atoms with E-state index in [1.807, 2.05) is 0 Å². The summed E-state index contributed by atoms with van der Waals surface area (Å²) in [5.41, 5.74) is 5.12. The number of nitrogens with two attached hydrogens (primary N) is 1. The number of hydrogen-bond donors (Lipinski definition) is 2. The van der Waals surface area contributed by atoms with E-state index in [2.05, 4.69) is 5.32 Å². The van der Waals surface area contributed by atoms with Crippen LogP contribution >= 0.6 is 0 Å². The summed E-state index contributed by atoms with van der Waals surface area (Å²) in [5.74, 6) is -1.51. The first-order valence-corrected chi connectivity index (χ1v) is 3.81. The first kappa shape index (κ1) is 15.4. The third kappa shape index (κ3) is 8.24. The number of aliphatic carboxylic acids is 1. The first-order valence-electron chi connectivity index (χ1n) is 3.81. The van der Waals surface area contributed by atoms with Gasteiger partial charge in [-0.15, -0.1) is 0 Å². The Bertz CT molecular complexity index is 175. The van der Waals surface area contributed by atoms with Crippen LogP contribution in [0.3, 0.4) is 0 Å². The van der Waals surface area contributed by atoms with Crippen LogP contribution in [-0.2, 0) is 9.59 Å². The fourth-order valence-corrected chi connectivity index (χ4v) is 0.690. The monoisotopic (exact) mass is 196 g/mol. The van der Waals surface area contributed by atoms with Crippen LogP contribution in [0, 0.1) is 0 Å². The molecule has 1 atom stereocenters. The van der Waals surface area contributed by atoms with Crippen LogP contribution < -0.4 is 45.7 Å². The molecule has 0 heterocycles. The summed E-state index contributed by atoms with van der Waals surface area (Å²) in [4.78, 5) is 20.9. The van der Waals surface area contributed by atoms with Gasteiger partial charge in [0.05, 0.1) is 5.97 Å². The van der Waals surface area contributed by atoms with Crippen LogP contribution in [0.4, 0.5) is 0 Å². The van der Waals surface area contributed by atoms with E-state index in [0.717, 1.165) is 0 Å². The van der Waals surface area contributed by atoms with Gasteiger partial charge in [-0.3, -0.25) is 4.79 Å². The van der Waals surface area contributed by atoms with Crippen molar-refractivity contribution >= 4 is 11.9 Å². The maximum Gasteiger partial charge on any atom is 1.00 e. The van der Waals surface area contributed by atoms with Gasteiger partial charge in [-0.1, -0.05) is 0 Å². The molecule has 0 fully saturated rings. The van der Waals surface area contributed by atoms with Gasteiger partial charge in [0.2, 0.25) is 5.91 Å². The molecule has 5 nitrogen and oxygen atoms in total. The molecule has 0 bridgehead atoms. The van der Waals surface area contributed by atoms with Crippen molar-refractivity contribution in [1.82, 2.24) is 5.32 Å². The Morgan fingerprint density at radius 1 is 1.54 bits per heavy atom. The maximum absolute atomic E-state index is 10.8. The molecule has 0 aromatic carbocycles. The zero-order valence-corrected chi connectivity index (χ0v) is 10.0. The Morgan fingerprint density at radius 3 is 2.46 bits per heavy atom. The number of carboxylic acids is 1. The molecule has 70 valence electrons. The second kappa shape index (κ2) is 8.50. The molecule has 0 aliphatic heterocycles. The SMILES string of the molecule is CCNC(=O)CC[C@H](N)C(=O)[O-].[Na+]. The van der Waals surface area contributed by atoms with Crippen molar-refractivity contribution in [3.63, 3.8) is 0 Å². The molecule has 0 spiro atoms. The fourth-order valence-electron chi connectivity index (χ4n) is 0.690. The first-order chi connectivity index (χ1) is 5.57. The second-order valence-corrected chi connectivity index (χ2v) is 2.42. The molecule has 0 aromatic rings. The van der Waals surface area contributed by atoms with Crippen molar-refractivity contribution in [2.24, 2.45) is 5.73 Å².